The highest BCUT2D eigenvalue weighted by atomic mass is 19.1. The lowest BCUT2D eigenvalue weighted by Crippen LogP contribution is -2.00. The molecule has 4 aromatic rings. The number of benzene rings is 2. The molecular formula is C17H12FN5O. The third-order valence-corrected chi connectivity index (χ3v) is 3.57. The average Bonchev–Trinajstić information content (AvgIpc) is 3.14. The molecule has 0 unspecified atom stereocenters. The van der Waals surface area contributed by atoms with Gasteiger partial charge in [0.2, 0.25) is 0 Å². The quantitative estimate of drug-likeness (QED) is 0.578. The Labute approximate surface area is 136 Å². The molecule has 118 valence electrons. The number of hydrogen-bond acceptors (Lipinski definition) is 5. The summed E-state index contributed by atoms with van der Waals surface area (Å²) < 4.78 is 21.1. The second kappa shape index (κ2) is 6.04. The average molecular weight is 321 g/mol. The van der Waals surface area contributed by atoms with Gasteiger partial charge in [-0.15, -0.1) is 5.10 Å². The van der Waals surface area contributed by atoms with E-state index in [0.717, 1.165) is 16.6 Å². The Morgan fingerprint density at radius 2 is 2.04 bits per heavy atom. The summed E-state index contributed by atoms with van der Waals surface area (Å²) in [5.41, 5.74) is 2.20. The lowest BCUT2D eigenvalue weighted by Gasteiger charge is -2.10. The Bertz CT molecular complexity index is 987. The van der Waals surface area contributed by atoms with Crippen LogP contribution in [0.1, 0.15) is 5.56 Å². The Morgan fingerprint density at radius 1 is 1.08 bits per heavy atom. The molecule has 2 aromatic heterocycles. The van der Waals surface area contributed by atoms with Crippen molar-refractivity contribution in [3.63, 3.8) is 0 Å². The van der Waals surface area contributed by atoms with Gasteiger partial charge in [-0.05, 0) is 40.8 Å². The van der Waals surface area contributed by atoms with Gasteiger partial charge < -0.3 is 4.74 Å². The zero-order valence-electron chi connectivity index (χ0n) is 12.5. The summed E-state index contributed by atoms with van der Waals surface area (Å²) in [6.45, 7) is 0.213. The van der Waals surface area contributed by atoms with Gasteiger partial charge >= 0.3 is 0 Å². The van der Waals surface area contributed by atoms with E-state index in [4.69, 9.17) is 4.74 Å². The fourth-order valence-electron chi connectivity index (χ4n) is 2.49. The zero-order valence-corrected chi connectivity index (χ0v) is 12.5. The third-order valence-electron chi connectivity index (χ3n) is 3.57. The minimum absolute atomic E-state index is 0.213. The maximum atomic E-state index is 13.8. The molecule has 0 bridgehead atoms. The van der Waals surface area contributed by atoms with Gasteiger partial charge in [0.15, 0.2) is 0 Å². The van der Waals surface area contributed by atoms with Crippen molar-refractivity contribution < 1.29 is 9.13 Å². The summed E-state index contributed by atoms with van der Waals surface area (Å²) in [6, 6.07) is 13.9. The van der Waals surface area contributed by atoms with Crippen LogP contribution in [0, 0.1) is 5.82 Å². The van der Waals surface area contributed by atoms with Crippen molar-refractivity contribution in [1.82, 2.24) is 25.2 Å². The summed E-state index contributed by atoms with van der Waals surface area (Å²) in [7, 11) is 0. The van der Waals surface area contributed by atoms with Crippen LogP contribution < -0.4 is 4.74 Å². The fourth-order valence-corrected chi connectivity index (χ4v) is 2.49. The lowest BCUT2D eigenvalue weighted by molar-refractivity contribution is 0.306. The van der Waals surface area contributed by atoms with Gasteiger partial charge in [0, 0.05) is 23.2 Å². The second-order valence-electron chi connectivity index (χ2n) is 5.18. The molecule has 0 radical (unpaired) electrons. The van der Waals surface area contributed by atoms with E-state index in [-0.39, 0.29) is 12.4 Å². The maximum absolute atomic E-state index is 13.8. The van der Waals surface area contributed by atoms with Gasteiger partial charge in [-0.3, -0.25) is 4.98 Å². The van der Waals surface area contributed by atoms with Crippen molar-refractivity contribution in [1.29, 1.82) is 0 Å². The van der Waals surface area contributed by atoms with E-state index in [1.54, 1.807) is 12.3 Å². The topological polar surface area (TPSA) is 65.7 Å². The highest BCUT2D eigenvalue weighted by Gasteiger charge is 2.07. The summed E-state index contributed by atoms with van der Waals surface area (Å²) in [5, 5.41) is 11.8. The molecule has 2 heterocycles. The van der Waals surface area contributed by atoms with Crippen LogP contribution in [0.3, 0.4) is 0 Å². The van der Waals surface area contributed by atoms with Crippen LogP contribution in [0.2, 0.25) is 0 Å². The van der Waals surface area contributed by atoms with Crippen molar-refractivity contribution in [3.05, 3.63) is 72.4 Å². The first-order valence-electron chi connectivity index (χ1n) is 7.29. The van der Waals surface area contributed by atoms with Gasteiger partial charge in [0.25, 0.3) is 0 Å². The first kappa shape index (κ1) is 14.3. The van der Waals surface area contributed by atoms with Gasteiger partial charge in [0.1, 0.15) is 24.5 Å². The van der Waals surface area contributed by atoms with Crippen LogP contribution in [0.15, 0.2) is 61.1 Å². The van der Waals surface area contributed by atoms with E-state index in [1.807, 2.05) is 30.3 Å². The van der Waals surface area contributed by atoms with Crippen LogP contribution in [0.25, 0.3) is 16.6 Å². The monoisotopic (exact) mass is 321 g/mol. The SMILES string of the molecule is Fc1cc(COc2cccc(-n3cnnn3)c2)c2ncccc2c1. The number of tetrazole rings is 1. The normalized spacial score (nSPS) is 10.9. The smallest absolute Gasteiger partial charge is 0.143 e. The lowest BCUT2D eigenvalue weighted by atomic mass is 10.1. The number of aromatic nitrogens is 5. The summed E-state index contributed by atoms with van der Waals surface area (Å²) in [4.78, 5) is 4.32. The molecule has 0 spiro atoms. The number of halogens is 1. The number of fused-ring (bicyclic) bond motifs is 1. The summed E-state index contributed by atoms with van der Waals surface area (Å²) >= 11 is 0. The number of pyridine rings is 1. The molecule has 24 heavy (non-hydrogen) atoms. The molecule has 0 fully saturated rings. The minimum atomic E-state index is -0.309. The minimum Gasteiger partial charge on any atom is -0.489 e. The molecule has 7 heteroatoms. The van der Waals surface area contributed by atoms with Crippen molar-refractivity contribution in [2.24, 2.45) is 0 Å². The highest BCUT2D eigenvalue weighted by molar-refractivity contribution is 5.81. The second-order valence-corrected chi connectivity index (χ2v) is 5.18. The Kier molecular flexibility index (Phi) is 3.59. The molecule has 0 aliphatic heterocycles. The van der Waals surface area contributed by atoms with E-state index < -0.39 is 0 Å². The fraction of sp³-hybridized carbons (Fsp3) is 0.0588. The van der Waals surface area contributed by atoms with E-state index in [9.17, 15) is 4.39 Å². The maximum Gasteiger partial charge on any atom is 0.143 e. The molecule has 0 saturated heterocycles. The standard InChI is InChI=1S/C17H12FN5O/c18-14-7-12-3-2-6-19-17(12)13(8-14)10-24-16-5-1-4-15(9-16)23-11-20-21-22-23/h1-9,11H,10H2. The van der Waals surface area contributed by atoms with Crippen molar-refractivity contribution >= 4 is 10.9 Å². The van der Waals surface area contributed by atoms with Gasteiger partial charge in [0.05, 0.1) is 11.2 Å². The number of nitrogens with zero attached hydrogens (tertiary/aromatic N) is 5. The van der Waals surface area contributed by atoms with Crippen LogP contribution >= 0.6 is 0 Å². The van der Waals surface area contributed by atoms with E-state index in [2.05, 4.69) is 20.5 Å². The molecule has 0 N–H and O–H groups in total. The predicted octanol–water partition coefficient (Wildman–Crippen LogP) is 2.93. The van der Waals surface area contributed by atoms with Crippen molar-refractivity contribution in [3.8, 4) is 11.4 Å². The molecule has 0 atom stereocenters. The summed E-state index contributed by atoms with van der Waals surface area (Å²) in [6.07, 6.45) is 3.19. The molecule has 0 amide bonds. The van der Waals surface area contributed by atoms with E-state index in [1.165, 1.54) is 23.1 Å². The number of hydrogen-bond donors (Lipinski definition) is 0. The molecule has 0 saturated carbocycles. The van der Waals surface area contributed by atoms with Gasteiger partial charge in [-0.25, -0.2) is 9.07 Å². The van der Waals surface area contributed by atoms with Crippen LogP contribution in [-0.2, 0) is 6.61 Å². The number of rotatable bonds is 4. The largest absolute Gasteiger partial charge is 0.489 e. The predicted molar refractivity (Wildman–Crippen MR) is 85.2 cm³/mol. The Morgan fingerprint density at radius 3 is 2.92 bits per heavy atom. The molecule has 4 rings (SSSR count). The molecular weight excluding hydrogens is 309 g/mol. The van der Waals surface area contributed by atoms with Crippen molar-refractivity contribution in [2.45, 2.75) is 6.61 Å². The molecule has 6 nitrogen and oxygen atoms in total. The van der Waals surface area contributed by atoms with E-state index in [0.29, 0.717) is 11.3 Å². The van der Waals surface area contributed by atoms with Crippen molar-refractivity contribution in [2.75, 3.05) is 0 Å². The third kappa shape index (κ3) is 2.79. The van der Waals surface area contributed by atoms with Crippen LogP contribution in [-0.4, -0.2) is 25.2 Å². The Hall–Kier alpha value is -3.35. The number of ether oxygens (including phenoxy) is 1. The van der Waals surface area contributed by atoms with Gasteiger partial charge in [-0.2, -0.15) is 0 Å². The molecule has 0 aliphatic carbocycles. The molecule has 2 aromatic carbocycles. The first-order valence-corrected chi connectivity index (χ1v) is 7.29. The zero-order chi connectivity index (χ0) is 16.4. The Balaban J connectivity index is 1.61. The molecule has 0 aliphatic rings. The van der Waals surface area contributed by atoms with E-state index >= 15 is 0 Å². The van der Waals surface area contributed by atoms with Crippen LogP contribution in [0.4, 0.5) is 4.39 Å². The first-order chi connectivity index (χ1) is 11.8. The summed E-state index contributed by atoms with van der Waals surface area (Å²) in [5.74, 6) is 0.327. The van der Waals surface area contributed by atoms with Crippen LogP contribution in [0.5, 0.6) is 5.75 Å². The van der Waals surface area contributed by atoms with Gasteiger partial charge in [-0.1, -0.05) is 12.1 Å². The highest BCUT2D eigenvalue weighted by Crippen LogP contribution is 2.22.